The van der Waals surface area contributed by atoms with Crippen LogP contribution in [0.4, 0.5) is 13.2 Å². The summed E-state index contributed by atoms with van der Waals surface area (Å²) in [5, 5.41) is 6.48. The van der Waals surface area contributed by atoms with Crippen LogP contribution in [0.1, 0.15) is 36.4 Å². The van der Waals surface area contributed by atoms with Crippen LogP contribution in [-0.2, 0) is 17.4 Å². The lowest BCUT2D eigenvalue weighted by Crippen LogP contribution is -2.27. The van der Waals surface area contributed by atoms with Gasteiger partial charge in [0.2, 0.25) is 17.6 Å². The number of aryl methyl sites for hydroxylation is 1. The van der Waals surface area contributed by atoms with Gasteiger partial charge in [0.25, 0.3) is 0 Å². The number of rotatable bonds is 6. The van der Waals surface area contributed by atoms with Crippen molar-refractivity contribution in [3.63, 3.8) is 0 Å². The fourth-order valence-corrected chi connectivity index (χ4v) is 2.64. The zero-order valence-corrected chi connectivity index (χ0v) is 15.0. The molecule has 0 aliphatic carbocycles. The quantitative estimate of drug-likeness (QED) is 0.671. The highest BCUT2D eigenvalue weighted by Gasteiger charge is 2.31. The van der Waals surface area contributed by atoms with Gasteiger partial charge in [-0.3, -0.25) is 4.79 Å². The minimum atomic E-state index is -4.46. The highest BCUT2D eigenvalue weighted by Crippen LogP contribution is 2.31. The van der Waals surface area contributed by atoms with Crippen molar-refractivity contribution < 1.29 is 22.5 Å². The molecule has 8 heteroatoms. The Labute approximate surface area is 159 Å². The first kappa shape index (κ1) is 19.6. The van der Waals surface area contributed by atoms with Gasteiger partial charge < -0.3 is 9.84 Å². The first-order valence-corrected chi connectivity index (χ1v) is 8.67. The molecule has 0 aliphatic heterocycles. The lowest BCUT2D eigenvalue weighted by molar-refractivity contribution is -0.137. The smallest absolute Gasteiger partial charge is 0.345 e. The molecule has 3 rings (SSSR count). The second-order valence-corrected chi connectivity index (χ2v) is 6.31. The summed E-state index contributed by atoms with van der Waals surface area (Å²) in [6.07, 6.45) is -3.57. The Morgan fingerprint density at radius 1 is 1.14 bits per heavy atom. The molecule has 28 heavy (non-hydrogen) atoms. The van der Waals surface area contributed by atoms with Crippen LogP contribution in [-0.4, -0.2) is 16.0 Å². The SMILES string of the molecule is CC(NC(=O)CCc1ccccc1)c1nc(-c2cccc(C(F)(F)F)c2)no1. The van der Waals surface area contributed by atoms with E-state index in [4.69, 9.17) is 4.52 Å². The Kier molecular flexibility index (Phi) is 5.77. The van der Waals surface area contributed by atoms with Crippen molar-refractivity contribution in [3.8, 4) is 11.4 Å². The third kappa shape index (κ3) is 4.97. The van der Waals surface area contributed by atoms with E-state index in [1.165, 1.54) is 12.1 Å². The normalized spacial score (nSPS) is 12.6. The number of hydrogen-bond donors (Lipinski definition) is 1. The zero-order chi connectivity index (χ0) is 20.1. The van der Waals surface area contributed by atoms with Gasteiger partial charge in [0, 0.05) is 12.0 Å². The molecular formula is C20H18F3N3O2. The summed E-state index contributed by atoms with van der Waals surface area (Å²) in [5.74, 6) is -0.0258. The van der Waals surface area contributed by atoms with E-state index in [2.05, 4.69) is 15.5 Å². The van der Waals surface area contributed by atoms with Crippen LogP contribution in [0.3, 0.4) is 0 Å². The highest BCUT2D eigenvalue weighted by molar-refractivity contribution is 5.76. The second kappa shape index (κ2) is 8.24. The predicted molar refractivity (Wildman–Crippen MR) is 96.1 cm³/mol. The lowest BCUT2D eigenvalue weighted by atomic mass is 10.1. The molecule has 0 fully saturated rings. The van der Waals surface area contributed by atoms with E-state index in [9.17, 15) is 18.0 Å². The summed E-state index contributed by atoms with van der Waals surface area (Å²) in [6, 6.07) is 13.7. The number of nitrogens with zero attached hydrogens (tertiary/aromatic N) is 2. The highest BCUT2D eigenvalue weighted by atomic mass is 19.4. The maximum absolute atomic E-state index is 12.8. The van der Waals surface area contributed by atoms with Gasteiger partial charge in [0.1, 0.15) is 6.04 Å². The van der Waals surface area contributed by atoms with E-state index in [0.29, 0.717) is 12.8 Å². The number of carbonyl (C=O) groups excluding carboxylic acids is 1. The minimum Gasteiger partial charge on any atom is -0.345 e. The van der Waals surface area contributed by atoms with Crippen molar-refractivity contribution in [3.05, 3.63) is 71.6 Å². The maximum Gasteiger partial charge on any atom is 0.416 e. The Balaban J connectivity index is 1.62. The van der Waals surface area contributed by atoms with Crippen molar-refractivity contribution in [1.29, 1.82) is 0 Å². The second-order valence-electron chi connectivity index (χ2n) is 6.31. The number of benzene rings is 2. The Bertz CT molecular complexity index is 939. The Hall–Kier alpha value is -3.16. The molecule has 1 N–H and O–H groups in total. The molecule has 0 saturated carbocycles. The fourth-order valence-electron chi connectivity index (χ4n) is 2.64. The van der Waals surface area contributed by atoms with Crippen LogP contribution in [0.25, 0.3) is 11.4 Å². The molecular weight excluding hydrogens is 371 g/mol. The first-order valence-electron chi connectivity index (χ1n) is 8.67. The van der Waals surface area contributed by atoms with E-state index in [-0.39, 0.29) is 23.2 Å². The van der Waals surface area contributed by atoms with Crippen LogP contribution in [0.5, 0.6) is 0 Å². The molecule has 0 bridgehead atoms. The van der Waals surface area contributed by atoms with E-state index in [1.54, 1.807) is 6.92 Å². The van der Waals surface area contributed by atoms with Crippen molar-refractivity contribution in [1.82, 2.24) is 15.5 Å². The monoisotopic (exact) mass is 389 g/mol. The van der Waals surface area contributed by atoms with Gasteiger partial charge >= 0.3 is 6.18 Å². The van der Waals surface area contributed by atoms with E-state index >= 15 is 0 Å². The number of aromatic nitrogens is 2. The Morgan fingerprint density at radius 3 is 2.61 bits per heavy atom. The fraction of sp³-hybridized carbons (Fsp3) is 0.250. The maximum atomic E-state index is 12.8. The van der Waals surface area contributed by atoms with Crippen molar-refractivity contribution in [2.24, 2.45) is 0 Å². The topological polar surface area (TPSA) is 68.0 Å². The molecule has 0 radical (unpaired) electrons. The molecule has 2 aromatic carbocycles. The molecule has 0 spiro atoms. The number of carbonyl (C=O) groups is 1. The van der Waals surface area contributed by atoms with Crippen LogP contribution in [0.15, 0.2) is 59.1 Å². The van der Waals surface area contributed by atoms with E-state index < -0.39 is 17.8 Å². The number of amides is 1. The summed E-state index contributed by atoms with van der Waals surface area (Å²) >= 11 is 0. The summed E-state index contributed by atoms with van der Waals surface area (Å²) in [4.78, 5) is 16.2. The summed E-state index contributed by atoms with van der Waals surface area (Å²) < 4.78 is 43.6. The molecule has 1 unspecified atom stereocenters. The van der Waals surface area contributed by atoms with Crippen LogP contribution in [0.2, 0.25) is 0 Å². The van der Waals surface area contributed by atoms with Gasteiger partial charge in [-0.1, -0.05) is 47.6 Å². The minimum absolute atomic E-state index is 0.0338. The number of alkyl halides is 3. The van der Waals surface area contributed by atoms with Crippen molar-refractivity contribution >= 4 is 5.91 Å². The molecule has 5 nitrogen and oxygen atoms in total. The van der Waals surface area contributed by atoms with E-state index in [0.717, 1.165) is 17.7 Å². The third-order valence-electron chi connectivity index (χ3n) is 4.12. The lowest BCUT2D eigenvalue weighted by Gasteiger charge is -2.09. The standard InChI is InChI=1S/C20H18F3N3O2/c1-13(24-17(27)11-10-14-6-3-2-4-7-14)19-25-18(26-28-19)15-8-5-9-16(12-15)20(21,22)23/h2-9,12-13H,10-11H2,1H3,(H,24,27). The number of nitrogens with one attached hydrogen (secondary N) is 1. The molecule has 3 aromatic rings. The molecule has 1 aromatic heterocycles. The van der Waals surface area contributed by atoms with Crippen LogP contribution >= 0.6 is 0 Å². The third-order valence-corrected chi connectivity index (χ3v) is 4.12. The summed E-state index contributed by atoms with van der Waals surface area (Å²) in [7, 11) is 0. The zero-order valence-electron chi connectivity index (χ0n) is 15.0. The average molecular weight is 389 g/mol. The van der Waals surface area contributed by atoms with Gasteiger partial charge in [-0.2, -0.15) is 18.2 Å². The number of hydrogen-bond acceptors (Lipinski definition) is 4. The van der Waals surface area contributed by atoms with Gasteiger partial charge in [0.05, 0.1) is 5.56 Å². The van der Waals surface area contributed by atoms with Gasteiger partial charge in [-0.15, -0.1) is 0 Å². The van der Waals surface area contributed by atoms with Crippen LogP contribution < -0.4 is 5.32 Å². The van der Waals surface area contributed by atoms with Crippen LogP contribution in [0, 0.1) is 0 Å². The molecule has 1 atom stereocenters. The molecule has 0 aliphatic rings. The summed E-state index contributed by atoms with van der Waals surface area (Å²) in [6.45, 7) is 1.67. The van der Waals surface area contributed by atoms with Crippen molar-refractivity contribution in [2.75, 3.05) is 0 Å². The first-order chi connectivity index (χ1) is 13.3. The molecule has 0 saturated heterocycles. The van der Waals surface area contributed by atoms with Gasteiger partial charge in [-0.05, 0) is 31.0 Å². The van der Waals surface area contributed by atoms with Gasteiger partial charge in [0.15, 0.2) is 0 Å². The molecule has 146 valence electrons. The molecule has 1 amide bonds. The van der Waals surface area contributed by atoms with Gasteiger partial charge in [-0.25, -0.2) is 0 Å². The largest absolute Gasteiger partial charge is 0.416 e. The Morgan fingerprint density at radius 2 is 1.89 bits per heavy atom. The van der Waals surface area contributed by atoms with E-state index in [1.807, 2.05) is 30.3 Å². The number of halogens is 3. The predicted octanol–water partition coefficient (Wildman–Crippen LogP) is 4.57. The average Bonchev–Trinajstić information content (AvgIpc) is 3.17. The van der Waals surface area contributed by atoms with Crippen molar-refractivity contribution in [2.45, 2.75) is 32.0 Å². The summed E-state index contributed by atoms with van der Waals surface area (Å²) in [5.41, 5.74) is 0.445. The molecule has 1 heterocycles.